The Morgan fingerprint density at radius 1 is 1.61 bits per heavy atom. The molecule has 0 spiro atoms. The Kier molecular flexibility index (Phi) is 3.71. The van der Waals surface area contributed by atoms with Crippen LogP contribution in [0.4, 0.5) is 0 Å². The van der Waals surface area contributed by atoms with Crippen molar-refractivity contribution in [2.24, 2.45) is 0 Å². The number of aliphatic carboxylic acids is 1. The van der Waals surface area contributed by atoms with Gasteiger partial charge in [-0.2, -0.15) is 0 Å². The van der Waals surface area contributed by atoms with E-state index in [4.69, 9.17) is 9.84 Å². The molecule has 0 saturated carbocycles. The van der Waals surface area contributed by atoms with Crippen molar-refractivity contribution >= 4 is 23.6 Å². The van der Waals surface area contributed by atoms with Crippen molar-refractivity contribution in [1.82, 2.24) is 9.88 Å². The van der Waals surface area contributed by atoms with E-state index in [-0.39, 0.29) is 5.91 Å². The number of hydrogen-bond acceptors (Lipinski definition) is 5. The lowest BCUT2D eigenvalue weighted by Gasteiger charge is -2.21. The zero-order valence-corrected chi connectivity index (χ0v) is 10.5. The Bertz CT molecular complexity index is 480. The van der Waals surface area contributed by atoms with Gasteiger partial charge in [-0.3, -0.25) is 9.78 Å². The van der Waals surface area contributed by atoms with Gasteiger partial charge in [0.15, 0.2) is 0 Å². The van der Waals surface area contributed by atoms with Crippen LogP contribution >= 0.6 is 11.8 Å². The van der Waals surface area contributed by atoms with E-state index in [0.29, 0.717) is 22.9 Å². The van der Waals surface area contributed by atoms with E-state index in [0.717, 1.165) is 0 Å². The van der Waals surface area contributed by atoms with Gasteiger partial charge >= 0.3 is 5.97 Å². The van der Waals surface area contributed by atoms with E-state index >= 15 is 0 Å². The largest absolute Gasteiger partial charge is 0.494 e. The Balaban J connectivity index is 2.28. The molecule has 1 aliphatic heterocycles. The zero-order chi connectivity index (χ0) is 13.1. The summed E-state index contributed by atoms with van der Waals surface area (Å²) in [7, 11) is 1.45. The second-order valence-corrected chi connectivity index (χ2v) is 4.70. The molecule has 1 fully saturated rings. The number of methoxy groups -OCH3 is 1. The van der Waals surface area contributed by atoms with Gasteiger partial charge in [-0.25, -0.2) is 4.79 Å². The van der Waals surface area contributed by atoms with Gasteiger partial charge < -0.3 is 14.7 Å². The molecule has 1 amide bonds. The summed E-state index contributed by atoms with van der Waals surface area (Å²) in [6.45, 7) is 0. The number of carboxylic acids is 1. The highest BCUT2D eigenvalue weighted by atomic mass is 32.2. The van der Waals surface area contributed by atoms with Crippen LogP contribution in [-0.4, -0.2) is 51.6 Å². The number of carboxylic acid groups (broad SMARTS) is 1. The standard InChI is InChI=1S/C11H12N2O4S/c1-17-9-4-12-3-2-7(9)10(14)13-6-18-5-8(13)11(15)16/h2-4,8H,5-6H2,1H3,(H,15,16). The van der Waals surface area contributed by atoms with Gasteiger partial charge in [-0.15, -0.1) is 11.8 Å². The molecule has 96 valence electrons. The summed E-state index contributed by atoms with van der Waals surface area (Å²) < 4.78 is 5.06. The number of hydrogen-bond donors (Lipinski definition) is 1. The van der Waals surface area contributed by atoms with Crippen molar-refractivity contribution < 1.29 is 19.4 Å². The number of carbonyl (C=O) groups is 2. The highest BCUT2D eigenvalue weighted by Crippen LogP contribution is 2.26. The summed E-state index contributed by atoms with van der Waals surface area (Å²) >= 11 is 1.42. The molecule has 0 aromatic carbocycles. The SMILES string of the molecule is COc1cnccc1C(=O)N1CSCC1C(=O)O. The van der Waals surface area contributed by atoms with E-state index in [1.54, 1.807) is 0 Å². The predicted molar refractivity (Wildman–Crippen MR) is 65.7 cm³/mol. The zero-order valence-electron chi connectivity index (χ0n) is 9.70. The molecule has 6 nitrogen and oxygen atoms in total. The summed E-state index contributed by atoms with van der Waals surface area (Å²) in [4.78, 5) is 28.5. The van der Waals surface area contributed by atoms with Crippen molar-refractivity contribution in [3.63, 3.8) is 0 Å². The van der Waals surface area contributed by atoms with Crippen LogP contribution < -0.4 is 4.74 Å². The number of aromatic nitrogens is 1. The molecule has 18 heavy (non-hydrogen) atoms. The molecule has 1 aromatic rings. The van der Waals surface area contributed by atoms with Gasteiger partial charge in [0.05, 0.1) is 24.7 Å². The fraction of sp³-hybridized carbons (Fsp3) is 0.364. The van der Waals surface area contributed by atoms with E-state index in [2.05, 4.69) is 4.98 Å². The molecule has 1 saturated heterocycles. The second kappa shape index (κ2) is 5.26. The number of rotatable bonds is 3. The van der Waals surface area contributed by atoms with Gasteiger partial charge in [0.1, 0.15) is 11.8 Å². The maximum absolute atomic E-state index is 12.3. The first-order valence-electron chi connectivity index (χ1n) is 5.24. The van der Waals surface area contributed by atoms with Crippen molar-refractivity contribution in [2.45, 2.75) is 6.04 Å². The quantitative estimate of drug-likeness (QED) is 0.868. The Labute approximate surface area is 108 Å². The third-order valence-corrected chi connectivity index (χ3v) is 3.68. The topological polar surface area (TPSA) is 79.7 Å². The van der Waals surface area contributed by atoms with Crippen LogP contribution in [0.15, 0.2) is 18.5 Å². The lowest BCUT2D eigenvalue weighted by Crippen LogP contribution is -2.41. The van der Waals surface area contributed by atoms with Gasteiger partial charge in [0.25, 0.3) is 5.91 Å². The lowest BCUT2D eigenvalue weighted by molar-refractivity contribution is -0.140. The average molecular weight is 268 g/mol. The smallest absolute Gasteiger partial charge is 0.327 e. The number of amides is 1. The second-order valence-electron chi connectivity index (χ2n) is 3.70. The summed E-state index contributed by atoms with van der Waals surface area (Å²) in [6, 6.07) is 0.753. The fourth-order valence-electron chi connectivity index (χ4n) is 1.72. The number of ether oxygens (including phenoxy) is 1. The molecule has 2 heterocycles. The van der Waals surface area contributed by atoms with Crippen LogP contribution in [0, 0.1) is 0 Å². The maximum atomic E-state index is 12.3. The van der Waals surface area contributed by atoms with Crippen LogP contribution in [0.2, 0.25) is 0 Å². The molecular formula is C11H12N2O4S. The first-order valence-corrected chi connectivity index (χ1v) is 6.40. The molecule has 7 heteroatoms. The monoisotopic (exact) mass is 268 g/mol. The molecule has 1 unspecified atom stereocenters. The van der Waals surface area contributed by atoms with Gasteiger partial charge in [0, 0.05) is 11.9 Å². The lowest BCUT2D eigenvalue weighted by atomic mass is 10.2. The summed E-state index contributed by atoms with van der Waals surface area (Å²) in [6.07, 6.45) is 2.92. The summed E-state index contributed by atoms with van der Waals surface area (Å²) in [5.74, 6) is -0.188. The predicted octanol–water partition coefficient (Wildman–Crippen LogP) is 0.690. The average Bonchev–Trinajstić information content (AvgIpc) is 2.87. The van der Waals surface area contributed by atoms with Crippen molar-refractivity contribution in [2.75, 3.05) is 18.7 Å². The molecule has 1 atom stereocenters. The van der Waals surface area contributed by atoms with Crippen LogP contribution in [0.1, 0.15) is 10.4 Å². The van der Waals surface area contributed by atoms with Crippen LogP contribution in [-0.2, 0) is 4.79 Å². The molecule has 0 radical (unpaired) electrons. The molecular weight excluding hydrogens is 256 g/mol. The highest BCUT2D eigenvalue weighted by molar-refractivity contribution is 7.99. The molecule has 0 bridgehead atoms. The number of carbonyl (C=O) groups excluding carboxylic acids is 1. The molecule has 2 rings (SSSR count). The fourth-order valence-corrected chi connectivity index (χ4v) is 2.87. The number of pyridine rings is 1. The number of nitrogens with zero attached hydrogens (tertiary/aromatic N) is 2. The molecule has 1 N–H and O–H groups in total. The van der Waals surface area contributed by atoms with E-state index in [1.165, 1.54) is 42.2 Å². The molecule has 1 aromatic heterocycles. The highest BCUT2D eigenvalue weighted by Gasteiger charge is 2.35. The third kappa shape index (κ3) is 2.26. The first kappa shape index (κ1) is 12.7. The van der Waals surface area contributed by atoms with Crippen LogP contribution in [0.25, 0.3) is 0 Å². The Morgan fingerprint density at radius 2 is 2.39 bits per heavy atom. The van der Waals surface area contributed by atoms with Crippen molar-refractivity contribution in [3.8, 4) is 5.75 Å². The third-order valence-electron chi connectivity index (χ3n) is 2.66. The number of thioether (sulfide) groups is 1. The normalized spacial score (nSPS) is 18.7. The van der Waals surface area contributed by atoms with Crippen molar-refractivity contribution in [1.29, 1.82) is 0 Å². The van der Waals surface area contributed by atoms with Gasteiger partial charge in [-0.05, 0) is 6.07 Å². The summed E-state index contributed by atoms with van der Waals surface area (Å²) in [5, 5.41) is 9.06. The Hall–Kier alpha value is -1.76. The van der Waals surface area contributed by atoms with Gasteiger partial charge in [-0.1, -0.05) is 0 Å². The summed E-state index contributed by atoms with van der Waals surface area (Å²) in [5.41, 5.74) is 0.334. The van der Waals surface area contributed by atoms with Crippen LogP contribution in [0.5, 0.6) is 5.75 Å². The maximum Gasteiger partial charge on any atom is 0.327 e. The minimum absolute atomic E-state index is 0.334. The Morgan fingerprint density at radius 3 is 3.06 bits per heavy atom. The van der Waals surface area contributed by atoms with Crippen molar-refractivity contribution in [3.05, 3.63) is 24.0 Å². The minimum atomic E-state index is -0.985. The van der Waals surface area contributed by atoms with Crippen LogP contribution in [0.3, 0.4) is 0 Å². The minimum Gasteiger partial charge on any atom is -0.494 e. The molecule has 0 aliphatic carbocycles. The van der Waals surface area contributed by atoms with E-state index in [9.17, 15) is 9.59 Å². The van der Waals surface area contributed by atoms with E-state index < -0.39 is 12.0 Å². The first-order chi connectivity index (χ1) is 8.65. The molecule has 1 aliphatic rings. The van der Waals surface area contributed by atoms with E-state index in [1.807, 2.05) is 0 Å². The van der Waals surface area contributed by atoms with Gasteiger partial charge in [0.2, 0.25) is 0 Å².